The molecular formula is C28H37NO2. The average molecular weight is 420 g/mol. The van der Waals surface area contributed by atoms with E-state index < -0.39 is 5.97 Å². The number of rotatable bonds is 2. The number of allylic oxidation sites excluding steroid dienone is 4. The second kappa shape index (κ2) is 8.78. The lowest BCUT2D eigenvalue weighted by Crippen LogP contribution is -2.51. The minimum Gasteiger partial charge on any atom is -0.478 e. The number of carboxylic acids is 1. The molecule has 2 fully saturated rings. The van der Waals surface area contributed by atoms with E-state index in [1.165, 1.54) is 44.9 Å². The van der Waals surface area contributed by atoms with Crippen LogP contribution in [0.2, 0.25) is 0 Å². The van der Waals surface area contributed by atoms with Gasteiger partial charge in [-0.2, -0.15) is 0 Å². The molecule has 0 aromatic heterocycles. The van der Waals surface area contributed by atoms with E-state index in [-0.39, 0.29) is 0 Å². The van der Waals surface area contributed by atoms with E-state index >= 15 is 0 Å². The Morgan fingerprint density at radius 2 is 1.87 bits per heavy atom. The summed E-state index contributed by atoms with van der Waals surface area (Å²) in [7, 11) is 0. The van der Waals surface area contributed by atoms with Gasteiger partial charge in [0.25, 0.3) is 0 Å². The summed E-state index contributed by atoms with van der Waals surface area (Å²) < 4.78 is 0. The number of carbonyl (C=O) groups is 1. The van der Waals surface area contributed by atoms with Crippen molar-refractivity contribution in [3.05, 3.63) is 65.8 Å². The molecule has 4 aliphatic carbocycles. The van der Waals surface area contributed by atoms with E-state index in [1.807, 2.05) is 30.3 Å². The van der Waals surface area contributed by atoms with Crippen LogP contribution < -0.4 is 5.73 Å². The maximum Gasteiger partial charge on any atom is 0.328 e. The zero-order valence-corrected chi connectivity index (χ0v) is 19.0. The first-order chi connectivity index (χ1) is 14.8. The highest BCUT2D eigenvalue weighted by atomic mass is 16.4. The maximum atomic E-state index is 10.1. The summed E-state index contributed by atoms with van der Waals surface area (Å²) in [4.78, 5) is 10.1. The molecule has 6 atom stereocenters. The molecule has 1 aromatic carbocycles. The maximum absolute atomic E-state index is 10.1. The lowest BCUT2D eigenvalue weighted by molar-refractivity contribution is -0.131. The van der Waals surface area contributed by atoms with E-state index in [0.29, 0.717) is 16.9 Å². The molecule has 0 amide bonds. The van der Waals surface area contributed by atoms with Crippen LogP contribution >= 0.6 is 0 Å². The number of aliphatic carboxylic acids is 1. The molecule has 0 saturated heterocycles. The number of benzene rings is 1. The molecule has 1 aromatic rings. The summed E-state index contributed by atoms with van der Waals surface area (Å²) in [6.45, 7) is 5.05. The quantitative estimate of drug-likeness (QED) is 0.559. The Kier molecular flexibility index (Phi) is 6.25. The minimum atomic E-state index is -0.922. The summed E-state index contributed by atoms with van der Waals surface area (Å²) in [6.07, 6.45) is 19.4. The predicted molar refractivity (Wildman–Crippen MR) is 127 cm³/mol. The van der Waals surface area contributed by atoms with Gasteiger partial charge in [-0.3, -0.25) is 0 Å². The van der Waals surface area contributed by atoms with Crippen LogP contribution in [-0.4, -0.2) is 17.1 Å². The van der Waals surface area contributed by atoms with E-state index in [0.717, 1.165) is 29.4 Å². The second-order valence-electron chi connectivity index (χ2n) is 10.4. The Hall–Kier alpha value is -2.13. The smallest absolute Gasteiger partial charge is 0.328 e. The molecule has 3 heteroatoms. The summed E-state index contributed by atoms with van der Waals surface area (Å²) in [5, 5.41) is 8.29. The molecule has 0 heterocycles. The summed E-state index contributed by atoms with van der Waals surface area (Å²) in [6, 6.07) is 9.76. The first-order valence-corrected chi connectivity index (χ1v) is 11.9. The van der Waals surface area contributed by atoms with Gasteiger partial charge in [0.15, 0.2) is 0 Å². The molecule has 5 rings (SSSR count). The van der Waals surface area contributed by atoms with Gasteiger partial charge in [-0.1, -0.05) is 62.4 Å². The number of hydrogen-bond acceptors (Lipinski definition) is 2. The van der Waals surface area contributed by atoms with E-state index in [4.69, 9.17) is 10.8 Å². The van der Waals surface area contributed by atoms with Gasteiger partial charge in [-0.05, 0) is 90.7 Å². The van der Waals surface area contributed by atoms with Crippen molar-refractivity contribution in [1.82, 2.24) is 0 Å². The molecule has 0 aliphatic heterocycles. The third kappa shape index (κ3) is 4.17. The fraction of sp³-hybridized carbons (Fsp3) is 0.536. The van der Waals surface area contributed by atoms with Gasteiger partial charge in [-0.25, -0.2) is 4.79 Å². The minimum absolute atomic E-state index is 0.438. The molecule has 166 valence electrons. The van der Waals surface area contributed by atoms with Gasteiger partial charge in [0.2, 0.25) is 0 Å². The van der Waals surface area contributed by atoms with E-state index in [9.17, 15) is 4.79 Å². The molecule has 3 nitrogen and oxygen atoms in total. The van der Waals surface area contributed by atoms with Crippen LogP contribution in [0.25, 0.3) is 6.08 Å². The predicted octanol–water partition coefficient (Wildman–Crippen LogP) is 6.23. The fourth-order valence-corrected chi connectivity index (χ4v) is 7.07. The van der Waals surface area contributed by atoms with Gasteiger partial charge < -0.3 is 10.8 Å². The first-order valence-electron chi connectivity index (χ1n) is 11.9. The molecule has 0 bridgehead atoms. The Bertz CT molecular complexity index is 886. The molecule has 0 unspecified atom stereocenters. The highest BCUT2D eigenvalue weighted by Gasteiger charge is 2.57. The van der Waals surface area contributed by atoms with Crippen LogP contribution in [-0.2, 0) is 4.79 Å². The highest BCUT2D eigenvalue weighted by Crippen LogP contribution is 2.63. The van der Waals surface area contributed by atoms with Crippen LogP contribution in [0.1, 0.15) is 64.4 Å². The molecule has 4 aliphatic rings. The Morgan fingerprint density at radius 3 is 2.61 bits per heavy atom. The fourth-order valence-electron chi connectivity index (χ4n) is 7.07. The van der Waals surface area contributed by atoms with Crippen LogP contribution in [0.5, 0.6) is 0 Å². The van der Waals surface area contributed by atoms with E-state index in [1.54, 1.807) is 11.6 Å². The molecule has 0 radical (unpaired) electrons. The molecular weight excluding hydrogens is 382 g/mol. The van der Waals surface area contributed by atoms with Gasteiger partial charge in [0.05, 0.1) is 0 Å². The Balaban J connectivity index is 0.000000180. The van der Waals surface area contributed by atoms with Crippen LogP contribution in [0.3, 0.4) is 0 Å². The number of hydrogen-bond donors (Lipinski definition) is 2. The Morgan fingerprint density at radius 1 is 1.10 bits per heavy atom. The Labute approximate surface area is 187 Å². The summed E-state index contributed by atoms with van der Waals surface area (Å²) >= 11 is 0. The molecule has 0 spiro atoms. The van der Waals surface area contributed by atoms with Crippen molar-refractivity contribution in [3.63, 3.8) is 0 Å². The average Bonchev–Trinajstić information content (AvgIpc) is 3.08. The normalized spacial score (nSPS) is 38.4. The third-order valence-corrected chi connectivity index (χ3v) is 8.94. The van der Waals surface area contributed by atoms with Crippen molar-refractivity contribution < 1.29 is 9.90 Å². The topological polar surface area (TPSA) is 63.3 Å². The molecule has 31 heavy (non-hydrogen) atoms. The lowest BCUT2D eigenvalue weighted by atomic mass is 9.48. The number of nitrogens with two attached hydrogens (primary N) is 1. The summed E-state index contributed by atoms with van der Waals surface area (Å²) in [5.41, 5.74) is 9.93. The largest absolute Gasteiger partial charge is 0.478 e. The lowest BCUT2D eigenvalue weighted by Gasteiger charge is -2.56. The van der Waals surface area contributed by atoms with Crippen molar-refractivity contribution in [3.8, 4) is 0 Å². The second-order valence-corrected chi connectivity index (χ2v) is 10.4. The monoisotopic (exact) mass is 419 g/mol. The third-order valence-electron chi connectivity index (χ3n) is 8.94. The zero-order valence-electron chi connectivity index (χ0n) is 19.0. The van der Waals surface area contributed by atoms with Gasteiger partial charge in [-0.15, -0.1) is 0 Å². The van der Waals surface area contributed by atoms with E-state index in [2.05, 4.69) is 32.1 Å². The highest BCUT2D eigenvalue weighted by molar-refractivity contribution is 5.85. The summed E-state index contributed by atoms with van der Waals surface area (Å²) in [5.74, 6) is 1.78. The number of carboxylic acid groups (broad SMARTS) is 1. The van der Waals surface area contributed by atoms with Crippen molar-refractivity contribution in [2.75, 3.05) is 0 Å². The zero-order chi connectivity index (χ0) is 22.1. The van der Waals surface area contributed by atoms with Crippen molar-refractivity contribution in [2.45, 2.75) is 64.8 Å². The van der Waals surface area contributed by atoms with Crippen LogP contribution in [0, 0.1) is 28.6 Å². The molecule has 2 saturated carbocycles. The number of fused-ring (bicyclic) bond motifs is 5. The van der Waals surface area contributed by atoms with Crippen molar-refractivity contribution in [2.24, 2.45) is 34.3 Å². The van der Waals surface area contributed by atoms with Crippen molar-refractivity contribution >= 4 is 12.0 Å². The van der Waals surface area contributed by atoms with Gasteiger partial charge in [0, 0.05) is 12.1 Å². The van der Waals surface area contributed by atoms with Crippen molar-refractivity contribution in [1.29, 1.82) is 0 Å². The van der Waals surface area contributed by atoms with Gasteiger partial charge >= 0.3 is 5.97 Å². The SMILES string of the molecule is C[C@]12CC[C@H]3[C@@H](CC=C4C=CCC[C@@]43C)[C@@H]1CC[C@@H]2N.O=C(O)/C=C/c1ccccc1. The van der Waals surface area contributed by atoms with Crippen LogP contribution in [0.4, 0.5) is 0 Å². The standard InChI is InChI=1S/C19H29N.C9H8O2/c1-18-11-4-3-5-13(18)6-7-14-15-8-9-17(20)19(15,2)12-10-16(14)18;10-9(11)7-6-8-4-2-1-3-5-8/h3,5-6,14-17H,4,7-12,20H2,1-2H3;1-7H,(H,10,11)/b;7-6+/t14-,15-,16-,17-,18-,19-;/m0./s1. The first kappa shape index (κ1) is 22.1. The molecule has 3 N–H and O–H groups in total. The van der Waals surface area contributed by atoms with Crippen LogP contribution in [0.15, 0.2) is 60.2 Å². The van der Waals surface area contributed by atoms with Gasteiger partial charge in [0.1, 0.15) is 0 Å².